The van der Waals surface area contributed by atoms with Gasteiger partial charge in [0.25, 0.3) is 0 Å². The Balaban J connectivity index is 1.73. The average Bonchev–Trinajstić information content (AvgIpc) is 2.86. The number of β-amino-alcohol motifs (C(OH)–C–C–N with tert-alkyl or cyclic N) is 1. The second kappa shape index (κ2) is 5.99. The van der Waals surface area contributed by atoms with Gasteiger partial charge in [0.05, 0.1) is 11.7 Å². The van der Waals surface area contributed by atoms with Crippen molar-refractivity contribution in [2.24, 2.45) is 11.7 Å². The molecule has 0 aromatic heterocycles. The van der Waals surface area contributed by atoms with Gasteiger partial charge in [-0.25, -0.2) is 4.79 Å². The van der Waals surface area contributed by atoms with Crippen molar-refractivity contribution in [3.63, 3.8) is 0 Å². The monoisotopic (exact) mass is 304 g/mol. The molecule has 0 bridgehead atoms. The standard InChI is InChI=1S/C17H24N2O3/c1-10-7-19(6-5-15(10)18)8-16(20)12-3-4-13-14(11(12)2)9-22-17(13)21/h3-4,10,15-16,20H,5-9,18H2,1-2H3. The number of piperidine rings is 1. The van der Waals surface area contributed by atoms with Crippen LogP contribution >= 0.6 is 0 Å². The van der Waals surface area contributed by atoms with E-state index in [0.29, 0.717) is 24.6 Å². The molecule has 1 aromatic rings. The molecule has 120 valence electrons. The highest BCUT2D eigenvalue weighted by molar-refractivity contribution is 5.93. The van der Waals surface area contributed by atoms with Gasteiger partial charge >= 0.3 is 5.97 Å². The Morgan fingerprint density at radius 2 is 2.27 bits per heavy atom. The number of benzene rings is 1. The van der Waals surface area contributed by atoms with E-state index in [1.807, 2.05) is 13.0 Å². The quantitative estimate of drug-likeness (QED) is 0.825. The summed E-state index contributed by atoms with van der Waals surface area (Å²) in [5.74, 6) is 0.186. The van der Waals surface area contributed by atoms with Gasteiger partial charge in [-0.1, -0.05) is 13.0 Å². The number of nitrogens with zero attached hydrogens (tertiary/aromatic N) is 1. The predicted octanol–water partition coefficient (Wildman–Crippen LogP) is 1.37. The molecule has 1 saturated heterocycles. The smallest absolute Gasteiger partial charge is 0.338 e. The molecule has 2 aliphatic heterocycles. The number of hydrogen-bond acceptors (Lipinski definition) is 5. The number of nitrogens with two attached hydrogens (primary N) is 1. The van der Waals surface area contributed by atoms with Crippen LogP contribution in [0.1, 0.15) is 46.5 Å². The number of carbonyl (C=O) groups is 1. The van der Waals surface area contributed by atoms with Gasteiger partial charge in [0.1, 0.15) is 6.61 Å². The maximum absolute atomic E-state index is 11.6. The molecular formula is C17H24N2O3. The largest absolute Gasteiger partial charge is 0.457 e. The zero-order valence-electron chi connectivity index (χ0n) is 13.2. The number of likely N-dealkylation sites (tertiary alicyclic amines) is 1. The van der Waals surface area contributed by atoms with E-state index in [0.717, 1.165) is 36.2 Å². The van der Waals surface area contributed by atoms with Crippen molar-refractivity contribution in [2.75, 3.05) is 19.6 Å². The molecule has 1 fully saturated rings. The molecule has 3 unspecified atom stereocenters. The van der Waals surface area contributed by atoms with E-state index in [9.17, 15) is 9.90 Å². The molecule has 22 heavy (non-hydrogen) atoms. The second-order valence-electron chi connectivity index (χ2n) is 6.59. The number of ether oxygens (including phenoxy) is 1. The Hall–Kier alpha value is -1.43. The fourth-order valence-electron chi connectivity index (χ4n) is 3.49. The van der Waals surface area contributed by atoms with Crippen molar-refractivity contribution < 1.29 is 14.6 Å². The van der Waals surface area contributed by atoms with E-state index >= 15 is 0 Å². The van der Waals surface area contributed by atoms with Crippen molar-refractivity contribution in [2.45, 2.75) is 39.0 Å². The van der Waals surface area contributed by atoms with Gasteiger partial charge in [0, 0.05) is 24.7 Å². The van der Waals surface area contributed by atoms with Gasteiger partial charge in [0.2, 0.25) is 0 Å². The first-order chi connectivity index (χ1) is 10.5. The third-order valence-electron chi connectivity index (χ3n) is 5.05. The number of fused-ring (bicyclic) bond motifs is 1. The van der Waals surface area contributed by atoms with Crippen molar-refractivity contribution in [3.8, 4) is 0 Å². The highest BCUT2D eigenvalue weighted by atomic mass is 16.5. The number of aliphatic hydroxyl groups excluding tert-OH is 1. The summed E-state index contributed by atoms with van der Waals surface area (Å²) in [6.45, 7) is 6.88. The first kappa shape index (κ1) is 15.5. The molecule has 1 aromatic carbocycles. The topological polar surface area (TPSA) is 75.8 Å². The third kappa shape index (κ3) is 2.76. The molecule has 5 nitrogen and oxygen atoms in total. The first-order valence-electron chi connectivity index (χ1n) is 7.93. The molecule has 0 spiro atoms. The molecule has 0 amide bonds. The average molecular weight is 304 g/mol. The Morgan fingerprint density at radius 1 is 1.50 bits per heavy atom. The van der Waals surface area contributed by atoms with Crippen LogP contribution in [0.5, 0.6) is 0 Å². The van der Waals surface area contributed by atoms with Crippen molar-refractivity contribution >= 4 is 5.97 Å². The zero-order valence-corrected chi connectivity index (χ0v) is 13.2. The molecule has 2 aliphatic rings. The second-order valence-corrected chi connectivity index (χ2v) is 6.59. The fraction of sp³-hybridized carbons (Fsp3) is 0.588. The van der Waals surface area contributed by atoms with Crippen LogP contribution in [-0.2, 0) is 11.3 Å². The summed E-state index contributed by atoms with van der Waals surface area (Å²) < 4.78 is 5.07. The summed E-state index contributed by atoms with van der Waals surface area (Å²) >= 11 is 0. The van der Waals surface area contributed by atoms with Gasteiger partial charge in [-0.05, 0) is 43.0 Å². The minimum atomic E-state index is -0.553. The Morgan fingerprint density at radius 3 is 3.00 bits per heavy atom. The maximum Gasteiger partial charge on any atom is 0.338 e. The van der Waals surface area contributed by atoms with Crippen LogP contribution in [0.15, 0.2) is 12.1 Å². The Kier molecular flexibility index (Phi) is 4.21. The summed E-state index contributed by atoms with van der Waals surface area (Å²) in [5, 5.41) is 10.6. The van der Waals surface area contributed by atoms with Gasteiger partial charge in [-0.15, -0.1) is 0 Å². The number of hydrogen-bond donors (Lipinski definition) is 2. The highest BCUT2D eigenvalue weighted by Crippen LogP contribution is 2.30. The summed E-state index contributed by atoms with van der Waals surface area (Å²) in [6.07, 6.45) is 0.418. The van der Waals surface area contributed by atoms with Gasteiger partial charge < -0.3 is 20.5 Å². The normalized spacial score (nSPS) is 26.6. The number of esters is 1. The lowest BCUT2D eigenvalue weighted by molar-refractivity contribution is 0.0535. The summed E-state index contributed by atoms with van der Waals surface area (Å²) in [7, 11) is 0. The lowest BCUT2D eigenvalue weighted by Gasteiger charge is -2.36. The van der Waals surface area contributed by atoms with Gasteiger partial charge in [-0.3, -0.25) is 0 Å². The van der Waals surface area contributed by atoms with Gasteiger partial charge in [0.15, 0.2) is 0 Å². The van der Waals surface area contributed by atoms with Crippen LogP contribution in [0.2, 0.25) is 0 Å². The first-order valence-corrected chi connectivity index (χ1v) is 7.93. The predicted molar refractivity (Wildman–Crippen MR) is 83.5 cm³/mol. The van der Waals surface area contributed by atoms with E-state index in [4.69, 9.17) is 10.5 Å². The van der Waals surface area contributed by atoms with Crippen LogP contribution in [0.3, 0.4) is 0 Å². The summed E-state index contributed by atoms with van der Waals surface area (Å²) in [6, 6.07) is 3.88. The minimum Gasteiger partial charge on any atom is -0.457 e. The molecule has 5 heteroatoms. The van der Waals surface area contributed by atoms with Crippen LogP contribution in [0.4, 0.5) is 0 Å². The van der Waals surface area contributed by atoms with E-state index < -0.39 is 6.10 Å². The van der Waals surface area contributed by atoms with Crippen LogP contribution in [-0.4, -0.2) is 41.7 Å². The van der Waals surface area contributed by atoms with E-state index in [2.05, 4.69) is 11.8 Å². The van der Waals surface area contributed by atoms with Crippen LogP contribution in [0, 0.1) is 12.8 Å². The number of carbonyl (C=O) groups excluding carboxylic acids is 1. The number of cyclic esters (lactones) is 1. The Bertz CT molecular complexity index is 588. The van der Waals surface area contributed by atoms with Crippen molar-refractivity contribution in [3.05, 3.63) is 34.4 Å². The fourth-order valence-corrected chi connectivity index (χ4v) is 3.49. The van der Waals surface area contributed by atoms with Crippen molar-refractivity contribution in [1.82, 2.24) is 4.90 Å². The third-order valence-corrected chi connectivity index (χ3v) is 5.05. The highest BCUT2D eigenvalue weighted by Gasteiger charge is 2.28. The van der Waals surface area contributed by atoms with Crippen molar-refractivity contribution in [1.29, 1.82) is 0 Å². The minimum absolute atomic E-state index is 0.262. The van der Waals surface area contributed by atoms with E-state index in [-0.39, 0.29) is 12.0 Å². The zero-order chi connectivity index (χ0) is 15.9. The molecule has 3 rings (SSSR count). The lowest BCUT2D eigenvalue weighted by atomic mass is 9.92. The molecule has 0 aliphatic carbocycles. The number of rotatable bonds is 3. The maximum atomic E-state index is 11.6. The molecule has 0 radical (unpaired) electrons. The number of aliphatic hydroxyl groups is 1. The molecular weight excluding hydrogens is 280 g/mol. The van der Waals surface area contributed by atoms with E-state index in [1.54, 1.807) is 6.07 Å². The van der Waals surface area contributed by atoms with Gasteiger partial charge in [-0.2, -0.15) is 0 Å². The Labute approximate surface area is 131 Å². The molecule has 3 atom stereocenters. The SMILES string of the molecule is Cc1c(C(O)CN2CCC(N)C(C)C2)ccc2c1COC2=O. The molecule has 2 heterocycles. The van der Waals surface area contributed by atoms with E-state index in [1.165, 1.54) is 0 Å². The molecule has 0 saturated carbocycles. The summed E-state index contributed by atoms with van der Waals surface area (Å²) in [4.78, 5) is 13.8. The van der Waals surface area contributed by atoms with Crippen LogP contribution in [0.25, 0.3) is 0 Å². The van der Waals surface area contributed by atoms with Crippen LogP contribution < -0.4 is 5.73 Å². The lowest BCUT2D eigenvalue weighted by Crippen LogP contribution is -2.47. The summed E-state index contributed by atoms with van der Waals surface area (Å²) in [5.41, 5.74) is 9.45. The molecule has 3 N–H and O–H groups in total.